The van der Waals surface area contributed by atoms with Gasteiger partial charge in [0.2, 0.25) is 0 Å². The summed E-state index contributed by atoms with van der Waals surface area (Å²) in [4.78, 5) is 0. The van der Waals surface area contributed by atoms with Crippen LogP contribution in [0, 0.1) is 0 Å². The Morgan fingerprint density at radius 2 is 2.50 bits per heavy atom. The summed E-state index contributed by atoms with van der Waals surface area (Å²) < 4.78 is 6.94. The minimum atomic E-state index is 0.188. The minimum Gasteiger partial charge on any atom is -0.380 e. The molecule has 4 heteroatoms. The highest BCUT2D eigenvalue weighted by Crippen LogP contribution is 2.02. The predicted octanol–water partition coefficient (Wildman–Crippen LogP) is 1.66. The van der Waals surface area contributed by atoms with E-state index in [1.54, 1.807) is 13.3 Å². The molecule has 0 spiro atoms. The average Bonchev–Trinajstić information content (AvgIpc) is 2.52. The SMILES string of the molecule is COC(C)Cn1cc(CCl)cn1. The Hall–Kier alpha value is -0.540. The lowest BCUT2D eigenvalue weighted by Crippen LogP contribution is -2.14. The van der Waals surface area contributed by atoms with Gasteiger partial charge in [-0.2, -0.15) is 5.10 Å². The first kappa shape index (κ1) is 9.55. The molecule has 12 heavy (non-hydrogen) atoms. The Bertz CT molecular complexity index is 237. The smallest absolute Gasteiger partial charge is 0.0739 e. The van der Waals surface area contributed by atoms with Crippen LogP contribution >= 0.6 is 11.6 Å². The number of hydrogen-bond donors (Lipinski definition) is 0. The molecular weight excluding hydrogens is 176 g/mol. The molecule has 1 aromatic heterocycles. The molecule has 1 aromatic rings. The average molecular weight is 189 g/mol. The van der Waals surface area contributed by atoms with E-state index in [4.69, 9.17) is 16.3 Å². The monoisotopic (exact) mass is 188 g/mol. The lowest BCUT2D eigenvalue weighted by molar-refractivity contribution is 0.0998. The Balaban J connectivity index is 2.52. The van der Waals surface area contributed by atoms with Gasteiger partial charge in [-0.05, 0) is 6.92 Å². The van der Waals surface area contributed by atoms with Gasteiger partial charge in [-0.1, -0.05) is 0 Å². The normalized spacial score (nSPS) is 13.2. The number of aromatic nitrogens is 2. The van der Waals surface area contributed by atoms with E-state index >= 15 is 0 Å². The van der Waals surface area contributed by atoms with Crippen molar-refractivity contribution >= 4 is 11.6 Å². The van der Waals surface area contributed by atoms with Crippen LogP contribution in [0.1, 0.15) is 12.5 Å². The van der Waals surface area contributed by atoms with Crippen LogP contribution in [0.25, 0.3) is 0 Å². The maximum Gasteiger partial charge on any atom is 0.0739 e. The molecule has 1 unspecified atom stereocenters. The molecule has 68 valence electrons. The van der Waals surface area contributed by atoms with Crippen LogP contribution in [-0.2, 0) is 17.2 Å². The summed E-state index contributed by atoms with van der Waals surface area (Å²) >= 11 is 5.63. The van der Waals surface area contributed by atoms with Crippen LogP contribution in [0.4, 0.5) is 0 Å². The van der Waals surface area contributed by atoms with E-state index < -0.39 is 0 Å². The van der Waals surface area contributed by atoms with E-state index in [0.29, 0.717) is 5.88 Å². The van der Waals surface area contributed by atoms with Crippen LogP contribution in [-0.4, -0.2) is 23.0 Å². The number of methoxy groups -OCH3 is 1. The van der Waals surface area contributed by atoms with Crippen molar-refractivity contribution in [3.05, 3.63) is 18.0 Å². The highest BCUT2D eigenvalue weighted by Gasteiger charge is 2.02. The number of halogens is 1. The van der Waals surface area contributed by atoms with Gasteiger partial charge in [0.15, 0.2) is 0 Å². The second-order valence-corrected chi connectivity index (χ2v) is 3.02. The van der Waals surface area contributed by atoms with Gasteiger partial charge in [-0.3, -0.25) is 4.68 Å². The van der Waals surface area contributed by atoms with Crippen LogP contribution < -0.4 is 0 Å². The summed E-state index contributed by atoms with van der Waals surface area (Å²) in [5, 5.41) is 4.13. The third kappa shape index (κ3) is 2.50. The molecule has 0 aliphatic heterocycles. The van der Waals surface area contributed by atoms with Gasteiger partial charge in [0.1, 0.15) is 0 Å². The molecule has 3 nitrogen and oxygen atoms in total. The van der Waals surface area contributed by atoms with Crippen LogP contribution in [0.2, 0.25) is 0 Å². The molecule has 0 N–H and O–H groups in total. The van der Waals surface area contributed by atoms with Crippen molar-refractivity contribution < 1.29 is 4.74 Å². The first-order valence-corrected chi connectivity index (χ1v) is 4.39. The van der Waals surface area contributed by atoms with Crippen LogP contribution in [0.5, 0.6) is 0 Å². The van der Waals surface area contributed by atoms with Gasteiger partial charge in [0.25, 0.3) is 0 Å². The van der Waals surface area contributed by atoms with Crippen molar-refractivity contribution in [1.82, 2.24) is 9.78 Å². The second-order valence-electron chi connectivity index (χ2n) is 2.75. The highest BCUT2D eigenvalue weighted by molar-refractivity contribution is 6.17. The van der Waals surface area contributed by atoms with Crippen molar-refractivity contribution in [2.45, 2.75) is 25.5 Å². The van der Waals surface area contributed by atoms with Gasteiger partial charge < -0.3 is 4.74 Å². The summed E-state index contributed by atoms with van der Waals surface area (Å²) in [5.41, 5.74) is 1.04. The molecule has 0 aliphatic rings. The van der Waals surface area contributed by atoms with E-state index in [1.165, 1.54) is 0 Å². The van der Waals surface area contributed by atoms with E-state index in [1.807, 2.05) is 17.8 Å². The topological polar surface area (TPSA) is 27.1 Å². The first-order valence-electron chi connectivity index (χ1n) is 3.86. The van der Waals surface area contributed by atoms with Crippen LogP contribution in [0.15, 0.2) is 12.4 Å². The Morgan fingerprint density at radius 3 is 3.00 bits per heavy atom. The van der Waals surface area contributed by atoms with Crippen molar-refractivity contribution in [2.75, 3.05) is 7.11 Å². The van der Waals surface area contributed by atoms with Crippen LogP contribution in [0.3, 0.4) is 0 Å². The Labute approximate surface area is 77.3 Å². The fourth-order valence-electron chi connectivity index (χ4n) is 0.913. The summed E-state index contributed by atoms with van der Waals surface area (Å²) in [7, 11) is 1.69. The molecular formula is C8H13ClN2O. The third-order valence-corrected chi connectivity index (χ3v) is 2.00. The summed E-state index contributed by atoms with van der Waals surface area (Å²) in [6.07, 6.45) is 3.89. The molecule has 0 bridgehead atoms. The third-order valence-electron chi connectivity index (χ3n) is 1.69. The fraction of sp³-hybridized carbons (Fsp3) is 0.625. The maximum absolute atomic E-state index is 5.63. The standard InChI is InChI=1S/C8H13ClN2O/c1-7(12-2)5-11-6-8(3-9)4-10-11/h4,6-7H,3,5H2,1-2H3. The van der Waals surface area contributed by atoms with Crippen molar-refractivity contribution in [1.29, 1.82) is 0 Å². The second kappa shape index (κ2) is 4.48. The van der Waals surface area contributed by atoms with E-state index in [9.17, 15) is 0 Å². The summed E-state index contributed by atoms with van der Waals surface area (Å²) in [6.45, 7) is 2.77. The molecule has 0 amide bonds. The quantitative estimate of drug-likeness (QED) is 0.672. The lowest BCUT2D eigenvalue weighted by Gasteiger charge is -2.08. The number of rotatable bonds is 4. The van der Waals surface area contributed by atoms with Gasteiger partial charge >= 0.3 is 0 Å². The molecule has 0 saturated carbocycles. The van der Waals surface area contributed by atoms with E-state index in [2.05, 4.69) is 5.10 Å². The molecule has 1 heterocycles. The van der Waals surface area contributed by atoms with Crippen molar-refractivity contribution in [3.8, 4) is 0 Å². The van der Waals surface area contributed by atoms with Gasteiger partial charge in [0, 0.05) is 18.9 Å². The number of hydrogen-bond acceptors (Lipinski definition) is 2. The molecule has 0 aliphatic carbocycles. The van der Waals surface area contributed by atoms with Gasteiger partial charge in [-0.15, -0.1) is 11.6 Å². The fourth-order valence-corrected chi connectivity index (χ4v) is 1.05. The highest BCUT2D eigenvalue weighted by atomic mass is 35.5. The summed E-state index contributed by atoms with van der Waals surface area (Å²) in [5.74, 6) is 0.515. The zero-order chi connectivity index (χ0) is 8.97. The Kier molecular flexibility index (Phi) is 3.56. The molecule has 1 rings (SSSR count). The minimum absolute atomic E-state index is 0.188. The van der Waals surface area contributed by atoms with Gasteiger partial charge in [0.05, 0.1) is 24.7 Å². The zero-order valence-corrected chi connectivity index (χ0v) is 8.08. The summed E-state index contributed by atoms with van der Waals surface area (Å²) in [6, 6.07) is 0. The largest absolute Gasteiger partial charge is 0.380 e. The molecule has 0 radical (unpaired) electrons. The van der Waals surface area contributed by atoms with Crippen molar-refractivity contribution in [2.24, 2.45) is 0 Å². The molecule has 0 fully saturated rings. The van der Waals surface area contributed by atoms with E-state index in [-0.39, 0.29) is 6.10 Å². The first-order chi connectivity index (χ1) is 5.76. The van der Waals surface area contributed by atoms with Crippen molar-refractivity contribution in [3.63, 3.8) is 0 Å². The molecule has 0 aromatic carbocycles. The van der Waals surface area contributed by atoms with E-state index in [0.717, 1.165) is 12.1 Å². The Morgan fingerprint density at radius 1 is 1.75 bits per heavy atom. The maximum atomic E-state index is 5.63. The number of ether oxygens (including phenoxy) is 1. The zero-order valence-electron chi connectivity index (χ0n) is 7.33. The molecule has 1 atom stereocenters. The number of alkyl halides is 1. The lowest BCUT2D eigenvalue weighted by atomic mass is 10.4. The van der Waals surface area contributed by atoms with Gasteiger partial charge in [-0.25, -0.2) is 0 Å². The molecule has 0 saturated heterocycles. The predicted molar refractivity (Wildman–Crippen MR) is 48.3 cm³/mol. The number of nitrogens with zero attached hydrogens (tertiary/aromatic N) is 2.